The van der Waals surface area contributed by atoms with E-state index in [1.807, 2.05) is 42.5 Å². The minimum absolute atomic E-state index is 0.0466. The summed E-state index contributed by atoms with van der Waals surface area (Å²) in [6, 6.07) is 16.5. The van der Waals surface area contributed by atoms with Gasteiger partial charge in [0, 0.05) is 11.5 Å². The molecular weight excluding hydrogens is 462 g/mol. The fourth-order valence-electron chi connectivity index (χ4n) is 5.55. The number of alkyl carbamates (subject to hydrolysis) is 1. The number of benzene rings is 2. The third-order valence-electron chi connectivity index (χ3n) is 7.09. The van der Waals surface area contributed by atoms with Crippen molar-refractivity contribution in [3.8, 4) is 11.5 Å². The van der Waals surface area contributed by atoms with Crippen molar-refractivity contribution in [3.05, 3.63) is 85.5 Å². The van der Waals surface area contributed by atoms with Crippen molar-refractivity contribution < 1.29 is 33.7 Å². The lowest BCUT2D eigenvalue weighted by molar-refractivity contribution is -0.155. The largest absolute Gasteiger partial charge is 0.479 e. The molecule has 0 saturated heterocycles. The number of esters is 1. The highest BCUT2D eigenvalue weighted by atomic mass is 16.6. The van der Waals surface area contributed by atoms with E-state index in [0.717, 1.165) is 0 Å². The van der Waals surface area contributed by atoms with Gasteiger partial charge in [0.15, 0.2) is 0 Å². The standard InChI is InChI=1S/C28H29NO7/c1-3-15-27(21-14-16-28(23(21)27,24(30)31)29-26(33)34-17-4-2)25(32)35-18-19-10-8-9-13-22(19)36-20-11-6-5-7-12-20/h3-13,21,23H,1-2,14-18H2,(H,29,33)(H,30,31). The number of para-hydroxylation sites is 2. The van der Waals surface area contributed by atoms with E-state index in [0.29, 0.717) is 23.5 Å². The number of ether oxygens (including phenoxy) is 3. The van der Waals surface area contributed by atoms with Gasteiger partial charge in [0.2, 0.25) is 0 Å². The van der Waals surface area contributed by atoms with Crippen LogP contribution in [0.25, 0.3) is 0 Å². The number of nitrogens with one attached hydrogen (secondary N) is 1. The Balaban J connectivity index is 1.52. The van der Waals surface area contributed by atoms with Gasteiger partial charge in [-0.2, -0.15) is 0 Å². The number of aliphatic carboxylic acids is 1. The van der Waals surface area contributed by atoms with Crippen LogP contribution < -0.4 is 10.1 Å². The molecule has 2 aromatic rings. The van der Waals surface area contributed by atoms with E-state index in [9.17, 15) is 19.5 Å². The summed E-state index contributed by atoms with van der Waals surface area (Å²) in [7, 11) is 0. The maximum absolute atomic E-state index is 13.5. The van der Waals surface area contributed by atoms with E-state index in [4.69, 9.17) is 14.2 Å². The molecule has 0 radical (unpaired) electrons. The van der Waals surface area contributed by atoms with Gasteiger partial charge in [0.05, 0.1) is 5.41 Å². The zero-order valence-electron chi connectivity index (χ0n) is 19.9. The highest BCUT2D eigenvalue weighted by Gasteiger charge is 2.81. The van der Waals surface area contributed by atoms with Crippen LogP contribution in [-0.4, -0.2) is 35.3 Å². The molecule has 1 amide bonds. The topological polar surface area (TPSA) is 111 Å². The quantitative estimate of drug-likeness (QED) is 0.341. The van der Waals surface area contributed by atoms with Gasteiger partial charge in [-0.25, -0.2) is 9.59 Å². The lowest BCUT2D eigenvalue weighted by atomic mass is 9.82. The Hall–Kier alpha value is -4.07. The molecule has 4 rings (SSSR count). The van der Waals surface area contributed by atoms with Crippen molar-refractivity contribution in [3.63, 3.8) is 0 Å². The number of amides is 1. The second kappa shape index (κ2) is 10.3. The van der Waals surface area contributed by atoms with E-state index in [1.165, 1.54) is 6.08 Å². The van der Waals surface area contributed by atoms with E-state index in [-0.39, 0.29) is 32.0 Å². The highest BCUT2D eigenvalue weighted by molar-refractivity contribution is 5.91. The van der Waals surface area contributed by atoms with Gasteiger partial charge in [0.1, 0.15) is 30.3 Å². The normalized spacial score (nSPS) is 25.7. The number of carbonyl (C=O) groups excluding carboxylic acids is 2. The molecule has 0 aromatic heterocycles. The number of fused-ring (bicyclic) bond motifs is 1. The Morgan fingerprint density at radius 1 is 1.03 bits per heavy atom. The molecule has 8 heteroatoms. The number of rotatable bonds is 11. The molecule has 2 fully saturated rings. The smallest absolute Gasteiger partial charge is 0.408 e. The molecule has 36 heavy (non-hydrogen) atoms. The fraction of sp³-hybridized carbons (Fsp3) is 0.321. The van der Waals surface area contributed by atoms with Crippen LogP contribution in [-0.2, 0) is 25.7 Å². The summed E-state index contributed by atoms with van der Waals surface area (Å²) in [6.07, 6.45) is 3.00. The Kier molecular flexibility index (Phi) is 7.15. The first-order chi connectivity index (χ1) is 17.4. The molecule has 4 unspecified atom stereocenters. The maximum Gasteiger partial charge on any atom is 0.408 e. The van der Waals surface area contributed by atoms with Crippen molar-refractivity contribution in [2.45, 2.75) is 31.4 Å². The monoisotopic (exact) mass is 491 g/mol. The molecule has 0 bridgehead atoms. The average Bonchev–Trinajstić information content (AvgIpc) is 3.36. The molecular formula is C28H29NO7. The molecule has 0 aliphatic heterocycles. The Morgan fingerprint density at radius 3 is 2.44 bits per heavy atom. The Morgan fingerprint density at radius 2 is 1.75 bits per heavy atom. The Labute approximate surface area is 209 Å². The first kappa shape index (κ1) is 25.0. The molecule has 4 atom stereocenters. The summed E-state index contributed by atoms with van der Waals surface area (Å²) in [4.78, 5) is 38.2. The fourth-order valence-corrected chi connectivity index (χ4v) is 5.55. The van der Waals surface area contributed by atoms with Gasteiger partial charge in [-0.05, 0) is 43.4 Å². The van der Waals surface area contributed by atoms with Crippen LogP contribution in [0, 0.1) is 17.3 Å². The lowest BCUT2D eigenvalue weighted by Gasteiger charge is -2.31. The minimum Gasteiger partial charge on any atom is -0.479 e. The summed E-state index contributed by atoms with van der Waals surface area (Å²) in [5.41, 5.74) is -2.04. The molecule has 188 valence electrons. The first-order valence-corrected chi connectivity index (χ1v) is 11.8. The third-order valence-corrected chi connectivity index (χ3v) is 7.09. The second-order valence-electron chi connectivity index (χ2n) is 9.04. The second-order valence-corrected chi connectivity index (χ2v) is 9.04. The summed E-state index contributed by atoms with van der Waals surface area (Å²) < 4.78 is 16.7. The molecule has 8 nitrogen and oxygen atoms in total. The van der Waals surface area contributed by atoms with Gasteiger partial charge < -0.3 is 24.6 Å². The van der Waals surface area contributed by atoms with Crippen molar-refractivity contribution in [1.82, 2.24) is 5.32 Å². The predicted molar refractivity (Wildman–Crippen MR) is 131 cm³/mol. The molecule has 2 aromatic carbocycles. The zero-order chi connectivity index (χ0) is 25.8. The molecule has 0 heterocycles. The van der Waals surface area contributed by atoms with Gasteiger partial charge >= 0.3 is 18.0 Å². The number of carboxylic acid groups (broad SMARTS) is 1. The van der Waals surface area contributed by atoms with Crippen molar-refractivity contribution in [2.24, 2.45) is 17.3 Å². The number of hydrogen-bond donors (Lipinski definition) is 2. The number of allylic oxidation sites excluding steroid dienone is 1. The van der Waals surface area contributed by atoms with E-state index < -0.39 is 34.9 Å². The number of hydrogen-bond acceptors (Lipinski definition) is 6. The average molecular weight is 492 g/mol. The predicted octanol–water partition coefficient (Wildman–Crippen LogP) is 4.86. The van der Waals surface area contributed by atoms with Crippen LogP contribution >= 0.6 is 0 Å². The van der Waals surface area contributed by atoms with Gasteiger partial charge in [-0.1, -0.05) is 55.1 Å². The highest BCUT2D eigenvalue weighted by Crippen LogP contribution is 2.73. The lowest BCUT2D eigenvalue weighted by Crippen LogP contribution is -2.57. The van der Waals surface area contributed by atoms with Gasteiger partial charge in [-0.15, -0.1) is 6.58 Å². The summed E-state index contributed by atoms with van der Waals surface area (Å²) in [6.45, 7) is 7.15. The first-order valence-electron chi connectivity index (χ1n) is 11.8. The molecule has 2 saturated carbocycles. The van der Waals surface area contributed by atoms with E-state index >= 15 is 0 Å². The summed E-state index contributed by atoms with van der Waals surface area (Å²) in [5, 5.41) is 12.6. The Bertz CT molecular complexity index is 1160. The molecule has 0 spiro atoms. The van der Waals surface area contributed by atoms with Crippen LogP contribution in [0.1, 0.15) is 24.8 Å². The van der Waals surface area contributed by atoms with Crippen LogP contribution in [0.2, 0.25) is 0 Å². The van der Waals surface area contributed by atoms with Gasteiger partial charge in [-0.3, -0.25) is 4.79 Å². The SMILES string of the molecule is C=CCOC(=O)NC1(C(=O)O)CCC2C1C2(CC=C)C(=O)OCc1ccccc1Oc1ccccc1. The summed E-state index contributed by atoms with van der Waals surface area (Å²) >= 11 is 0. The maximum atomic E-state index is 13.5. The van der Waals surface area contributed by atoms with Crippen molar-refractivity contribution in [2.75, 3.05) is 6.61 Å². The minimum atomic E-state index is -1.63. The van der Waals surface area contributed by atoms with Crippen LogP contribution in [0.3, 0.4) is 0 Å². The third kappa shape index (κ3) is 4.46. The molecule has 2 aliphatic carbocycles. The van der Waals surface area contributed by atoms with Crippen LogP contribution in [0.5, 0.6) is 11.5 Å². The summed E-state index contributed by atoms with van der Waals surface area (Å²) in [5.74, 6) is -1.41. The van der Waals surface area contributed by atoms with Crippen molar-refractivity contribution in [1.29, 1.82) is 0 Å². The van der Waals surface area contributed by atoms with E-state index in [2.05, 4.69) is 18.5 Å². The molecule has 2 N–H and O–H groups in total. The van der Waals surface area contributed by atoms with Crippen molar-refractivity contribution >= 4 is 18.0 Å². The zero-order valence-corrected chi connectivity index (χ0v) is 19.9. The van der Waals surface area contributed by atoms with Crippen LogP contribution in [0.15, 0.2) is 79.9 Å². The number of carbonyl (C=O) groups is 3. The van der Waals surface area contributed by atoms with Gasteiger partial charge in [0.25, 0.3) is 0 Å². The van der Waals surface area contributed by atoms with Crippen LogP contribution in [0.4, 0.5) is 4.79 Å². The number of carboxylic acids is 1. The molecule has 2 aliphatic rings. The van der Waals surface area contributed by atoms with E-state index in [1.54, 1.807) is 18.2 Å².